The van der Waals surface area contributed by atoms with Gasteiger partial charge in [-0.15, -0.1) is 0 Å². The van der Waals surface area contributed by atoms with E-state index in [1.807, 2.05) is 0 Å². The monoisotopic (exact) mass is 244 g/mol. The van der Waals surface area contributed by atoms with Gasteiger partial charge in [-0.05, 0) is 43.7 Å². The van der Waals surface area contributed by atoms with Gasteiger partial charge in [-0.2, -0.15) is 0 Å². The second kappa shape index (κ2) is 5.41. The van der Waals surface area contributed by atoms with Crippen LogP contribution in [0, 0.1) is 5.92 Å². The van der Waals surface area contributed by atoms with Crippen LogP contribution in [0.4, 0.5) is 0 Å². The molecule has 98 valence electrons. The van der Waals surface area contributed by atoms with Crippen molar-refractivity contribution in [3.8, 4) is 0 Å². The summed E-state index contributed by atoms with van der Waals surface area (Å²) in [5, 5.41) is 0. The van der Waals surface area contributed by atoms with Crippen LogP contribution in [0.15, 0.2) is 30.3 Å². The highest BCUT2D eigenvalue weighted by Crippen LogP contribution is 2.40. The van der Waals surface area contributed by atoms with Gasteiger partial charge in [0.1, 0.15) is 0 Å². The number of piperidine rings is 1. The molecule has 0 radical (unpaired) electrons. The number of hydrogen-bond acceptors (Lipinski definition) is 2. The molecular formula is C16H24N2. The number of rotatable bonds is 3. The molecule has 0 amide bonds. The Kier molecular flexibility index (Phi) is 3.67. The number of benzene rings is 1. The van der Waals surface area contributed by atoms with Crippen LogP contribution in [-0.2, 0) is 0 Å². The van der Waals surface area contributed by atoms with E-state index in [0.29, 0.717) is 6.04 Å². The Labute approximate surface area is 110 Å². The van der Waals surface area contributed by atoms with Gasteiger partial charge < -0.3 is 5.73 Å². The van der Waals surface area contributed by atoms with Crippen molar-refractivity contribution in [1.82, 2.24) is 4.90 Å². The summed E-state index contributed by atoms with van der Waals surface area (Å²) in [4.78, 5) is 2.70. The maximum Gasteiger partial charge on any atom is 0.0473 e. The van der Waals surface area contributed by atoms with Gasteiger partial charge in [0.2, 0.25) is 0 Å². The summed E-state index contributed by atoms with van der Waals surface area (Å²) in [5.41, 5.74) is 7.47. The number of fused-ring (bicyclic) bond motifs is 1. The zero-order chi connectivity index (χ0) is 12.4. The second-order valence-corrected chi connectivity index (χ2v) is 5.80. The molecule has 1 aromatic carbocycles. The normalized spacial score (nSPS) is 30.1. The van der Waals surface area contributed by atoms with Crippen LogP contribution in [0.3, 0.4) is 0 Å². The van der Waals surface area contributed by atoms with E-state index >= 15 is 0 Å². The summed E-state index contributed by atoms with van der Waals surface area (Å²) in [6.45, 7) is 1.98. The van der Waals surface area contributed by atoms with E-state index < -0.39 is 0 Å². The van der Waals surface area contributed by atoms with Crippen LogP contribution in [-0.4, -0.2) is 24.0 Å². The fraction of sp³-hybridized carbons (Fsp3) is 0.625. The molecule has 18 heavy (non-hydrogen) atoms. The first-order valence-electron chi connectivity index (χ1n) is 7.41. The van der Waals surface area contributed by atoms with Crippen LogP contribution in [0.25, 0.3) is 0 Å². The molecule has 1 saturated carbocycles. The van der Waals surface area contributed by atoms with Crippen molar-refractivity contribution >= 4 is 0 Å². The van der Waals surface area contributed by atoms with E-state index in [-0.39, 0.29) is 0 Å². The fourth-order valence-corrected chi connectivity index (χ4v) is 4.02. The van der Waals surface area contributed by atoms with Crippen LogP contribution in [0.1, 0.15) is 43.7 Å². The van der Waals surface area contributed by atoms with Crippen LogP contribution >= 0.6 is 0 Å². The van der Waals surface area contributed by atoms with Gasteiger partial charge in [-0.25, -0.2) is 0 Å². The van der Waals surface area contributed by atoms with Gasteiger partial charge in [-0.3, -0.25) is 4.90 Å². The number of hydrogen-bond donors (Lipinski definition) is 1. The summed E-state index contributed by atoms with van der Waals surface area (Å²) in [6.07, 6.45) is 7.02. The number of likely N-dealkylation sites (tertiary alicyclic amines) is 1. The Morgan fingerprint density at radius 1 is 1.11 bits per heavy atom. The third-order valence-electron chi connectivity index (χ3n) is 4.84. The van der Waals surface area contributed by atoms with Crippen LogP contribution < -0.4 is 5.73 Å². The summed E-state index contributed by atoms with van der Waals surface area (Å²) in [6, 6.07) is 12.0. The molecule has 2 N–H and O–H groups in total. The predicted molar refractivity (Wildman–Crippen MR) is 75.3 cm³/mol. The van der Waals surface area contributed by atoms with Gasteiger partial charge in [0.05, 0.1) is 0 Å². The molecule has 2 heteroatoms. The van der Waals surface area contributed by atoms with Crippen molar-refractivity contribution in [1.29, 1.82) is 0 Å². The second-order valence-electron chi connectivity index (χ2n) is 5.80. The summed E-state index contributed by atoms with van der Waals surface area (Å²) in [5.74, 6) is 0.941. The average Bonchev–Trinajstić information content (AvgIpc) is 2.90. The molecule has 3 unspecified atom stereocenters. The molecule has 2 fully saturated rings. The van der Waals surface area contributed by atoms with E-state index in [4.69, 9.17) is 5.73 Å². The highest BCUT2D eigenvalue weighted by molar-refractivity contribution is 5.20. The highest BCUT2D eigenvalue weighted by Gasteiger charge is 2.37. The minimum atomic E-state index is 0.428. The van der Waals surface area contributed by atoms with Crippen molar-refractivity contribution in [2.24, 2.45) is 11.7 Å². The van der Waals surface area contributed by atoms with E-state index in [1.54, 1.807) is 0 Å². The van der Waals surface area contributed by atoms with Crippen molar-refractivity contribution in [2.45, 2.75) is 44.2 Å². The quantitative estimate of drug-likeness (QED) is 0.885. The lowest BCUT2D eigenvalue weighted by Gasteiger charge is -2.42. The summed E-state index contributed by atoms with van der Waals surface area (Å²) >= 11 is 0. The molecule has 1 saturated heterocycles. The van der Waals surface area contributed by atoms with Gasteiger partial charge >= 0.3 is 0 Å². The number of nitrogens with zero attached hydrogens (tertiary/aromatic N) is 1. The first kappa shape index (κ1) is 12.2. The van der Waals surface area contributed by atoms with Gasteiger partial charge in [0, 0.05) is 18.6 Å². The molecule has 2 nitrogen and oxygen atoms in total. The molecule has 0 spiro atoms. The lowest BCUT2D eigenvalue weighted by atomic mass is 9.89. The Morgan fingerprint density at radius 2 is 1.89 bits per heavy atom. The van der Waals surface area contributed by atoms with E-state index in [1.165, 1.54) is 44.2 Å². The highest BCUT2D eigenvalue weighted by atomic mass is 15.2. The van der Waals surface area contributed by atoms with Crippen molar-refractivity contribution in [3.63, 3.8) is 0 Å². The van der Waals surface area contributed by atoms with Crippen molar-refractivity contribution in [3.05, 3.63) is 35.9 Å². The fourth-order valence-electron chi connectivity index (χ4n) is 4.02. The van der Waals surface area contributed by atoms with Crippen molar-refractivity contribution < 1.29 is 0 Å². The molecule has 2 aliphatic rings. The molecule has 3 atom stereocenters. The molecule has 3 rings (SSSR count). The molecule has 1 aromatic rings. The van der Waals surface area contributed by atoms with E-state index in [2.05, 4.69) is 35.2 Å². The van der Waals surface area contributed by atoms with E-state index in [0.717, 1.165) is 18.5 Å². The molecule has 1 aliphatic carbocycles. The smallest absolute Gasteiger partial charge is 0.0473 e. The van der Waals surface area contributed by atoms with Gasteiger partial charge in [0.15, 0.2) is 0 Å². The van der Waals surface area contributed by atoms with Gasteiger partial charge in [-0.1, -0.05) is 36.8 Å². The Hall–Kier alpha value is -0.860. The largest absolute Gasteiger partial charge is 0.329 e. The zero-order valence-corrected chi connectivity index (χ0v) is 11.1. The molecule has 0 bridgehead atoms. The molecule has 1 heterocycles. The molecule has 1 aliphatic heterocycles. The first-order chi connectivity index (χ1) is 8.90. The Bertz CT molecular complexity index is 376. The topological polar surface area (TPSA) is 29.3 Å². The molecular weight excluding hydrogens is 220 g/mol. The zero-order valence-electron chi connectivity index (χ0n) is 11.1. The lowest BCUT2D eigenvalue weighted by Crippen LogP contribution is -2.46. The summed E-state index contributed by atoms with van der Waals surface area (Å²) in [7, 11) is 0. The maximum absolute atomic E-state index is 6.08. The van der Waals surface area contributed by atoms with Crippen LogP contribution in [0.2, 0.25) is 0 Å². The predicted octanol–water partition coefficient (Wildman–Crippen LogP) is 2.95. The first-order valence-corrected chi connectivity index (χ1v) is 7.41. The number of nitrogens with two attached hydrogens (primary N) is 1. The van der Waals surface area contributed by atoms with Gasteiger partial charge in [0.25, 0.3) is 0 Å². The van der Waals surface area contributed by atoms with Crippen LogP contribution in [0.5, 0.6) is 0 Å². The third-order valence-corrected chi connectivity index (χ3v) is 4.84. The Balaban J connectivity index is 1.82. The van der Waals surface area contributed by atoms with E-state index in [9.17, 15) is 0 Å². The third kappa shape index (κ3) is 2.19. The minimum absolute atomic E-state index is 0.428. The standard InChI is InChI=1S/C16H24N2/c17-12-16(14-6-2-1-3-7-14)18-11-5-9-13-8-4-10-15(13)18/h1-3,6-7,13,15-16H,4-5,8-12,17H2. The van der Waals surface area contributed by atoms with Crippen molar-refractivity contribution in [2.75, 3.05) is 13.1 Å². The Morgan fingerprint density at radius 3 is 2.67 bits per heavy atom. The lowest BCUT2D eigenvalue weighted by molar-refractivity contribution is 0.0701. The molecule has 0 aromatic heterocycles. The minimum Gasteiger partial charge on any atom is -0.329 e. The average molecular weight is 244 g/mol. The SMILES string of the molecule is NCC(c1ccccc1)N1CCCC2CCCC21. The summed E-state index contributed by atoms with van der Waals surface area (Å²) < 4.78 is 0. The maximum atomic E-state index is 6.08.